The molecular weight excluding hydrogens is 316 g/mol. The maximum atomic E-state index is 13.2. The van der Waals surface area contributed by atoms with E-state index in [2.05, 4.69) is 5.32 Å². The molecule has 2 aliphatic rings. The molecule has 2 aliphatic heterocycles. The molecule has 0 spiro atoms. The van der Waals surface area contributed by atoms with Crippen LogP contribution in [0.4, 0.5) is 0 Å². The average Bonchev–Trinajstić information content (AvgIpc) is 3.05. The van der Waals surface area contributed by atoms with E-state index in [0.29, 0.717) is 30.2 Å². The van der Waals surface area contributed by atoms with E-state index >= 15 is 0 Å². The zero-order valence-corrected chi connectivity index (χ0v) is 13.9. The molecule has 126 valence electrons. The standard InChI is InChI=1S/C17H23ClN2O3/c18-13-3-5-15(6-4-13)23-17(7-9-19-10-8-17)16(22)20-11-1-2-14(20)12-21/h3-6,14,19,21H,1-2,7-12H2/t14-/m1/s1. The summed E-state index contributed by atoms with van der Waals surface area (Å²) in [7, 11) is 0. The summed E-state index contributed by atoms with van der Waals surface area (Å²) in [5.74, 6) is 0.662. The topological polar surface area (TPSA) is 61.8 Å². The Labute approximate surface area is 141 Å². The van der Waals surface area contributed by atoms with Crippen molar-refractivity contribution in [3.05, 3.63) is 29.3 Å². The summed E-state index contributed by atoms with van der Waals surface area (Å²) in [6.45, 7) is 2.21. The van der Waals surface area contributed by atoms with Gasteiger partial charge in [-0.05, 0) is 50.2 Å². The Morgan fingerprint density at radius 2 is 2.04 bits per heavy atom. The summed E-state index contributed by atoms with van der Waals surface area (Å²) in [5.41, 5.74) is -0.850. The third-order valence-electron chi connectivity index (χ3n) is 4.78. The lowest BCUT2D eigenvalue weighted by Crippen LogP contribution is -2.58. The molecule has 3 rings (SSSR count). The van der Waals surface area contributed by atoms with Gasteiger partial charge in [0.15, 0.2) is 5.60 Å². The Kier molecular flexibility index (Phi) is 5.09. The Hall–Kier alpha value is -1.30. The van der Waals surface area contributed by atoms with Crippen molar-refractivity contribution in [3.63, 3.8) is 0 Å². The molecule has 2 N–H and O–H groups in total. The summed E-state index contributed by atoms with van der Waals surface area (Å²) >= 11 is 5.92. The van der Waals surface area contributed by atoms with Crippen molar-refractivity contribution in [2.24, 2.45) is 0 Å². The third-order valence-corrected chi connectivity index (χ3v) is 5.03. The van der Waals surface area contributed by atoms with Gasteiger partial charge in [0, 0.05) is 24.4 Å². The number of hydrogen-bond acceptors (Lipinski definition) is 4. The van der Waals surface area contributed by atoms with E-state index in [1.165, 1.54) is 0 Å². The fraction of sp³-hybridized carbons (Fsp3) is 0.588. The van der Waals surface area contributed by atoms with E-state index in [0.717, 1.165) is 25.9 Å². The Morgan fingerprint density at radius 3 is 2.70 bits per heavy atom. The van der Waals surface area contributed by atoms with Crippen LogP contribution in [0.1, 0.15) is 25.7 Å². The molecule has 1 aromatic carbocycles. The fourth-order valence-corrected chi connectivity index (χ4v) is 3.60. The highest BCUT2D eigenvalue weighted by molar-refractivity contribution is 6.30. The largest absolute Gasteiger partial charge is 0.477 e. The van der Waals surface area contributed by atoms with Gasteiger partial charge in [-0.15, -0.1) is 0 Å². The minimum absolute atomic E-state index is 0.00509. The van der Waals surface area contributed by atoms with Gasteiger partial charge in [-0.3, -0.25) is 4.79 Å². The molecule has 0 radical (unpaired) electrons. The van der Waals surface area contributed by atoms with Crippen molar-refractivity contribution >= 4 is 17.5 Å². The first-order valence-electron chi connectivity index (χ1n) is 8.22. The number of aliphatic hydroxyl groups is 1. The molecule has 0 unspecified atom stereocenters. The van der Waals surface area contributed by atoms with Crippen LogP contribution in [0, 0.1) is 0 Å². The van der Waals surface area contributed by atoms with Crippen molar-refractivity contribution in [2.75, 3.05) is 26.2 Å². The minimum atomic E-state index is -0.850. The Morgan fingerprint density at radius 1 is 1.35 bits per heavy atom. The minimum Gasteiger partial charge on any atom is -0.477 e. The van der Waals surface area contributed by atoms with Crippen molar-refractivity contribution in [3.8, 4) is 5.75 Å². The number of halogens is 1. The average molecular weight is 339 g/mol. The molecule has 2 fully saturated rings. The molecule has 6 heteroatoms. The van der Waals surface area contributed by atoms with Gasteiger partial charge in [0.2, 0.25) is 0 Å². The number of amides is 1. The molecule has 1 aromatic rings. The molecule has 0 aromatic heterocycles. The van der Waals surface area contributed by atoms with Gasteiger partial charge in [-0.2, -0.15) is 0 Å². The van der Waals surface area contributed by atoms with Crippen molar-refractivity contribution in [2.45, 2.75) is 37.3 Å². The van der Waals surface area contributed by atoms with Crippen LogP contribution in [-0.2, 0) is 4.79 Å². The van der Waals surface area contributed by atoms with Crippen LogP contribution in [0.25, 0.3) is 0 Å². The number of hydrogen-bond donors (Lipinski definition) is 2. The van der Waals surface area contributed by atoms with Crippen LogP contribution in [0.2, 0.25) is 5.02 Å². The van der Waals surface area contributed by atoms with Gasteiger partial charge in [-0.25, -0.2) is 0 Å². The van der Waals surface area contributed by atoms with Crippen LogP contribution >= 0.6 is 11.6 Å². The maximum absolute atomic E-state index is 13.2. The summed E-state index contributed by atoms with van der Waals surface area (Å²) < 4.78 is 6.19. The van der Waals surface area contributed by atoms with Crippen LogP contribution < -0.4 is 10.1 Å². The number of ether oxygens (including phenoxy) is 1. The molecule has 2 saturated heterocycles. The molecule has 23 heavy (non-hydrogen) atoms. The van der Waals surface area contributed by atoms with E-state index in [1.807, 2.05) is 0 Å². The van der Waals surface area contributed by atoms with E-state index in [-0.39, 0.29) is 18.6 Å². The number of rotatable bonds is 4. The highest BCUT2D eigenvalue weighted by atomic mass is 35.5. The molecule has 5 nitrogen and oxygen atoms in total. The van der Waals surface area contributed by atoms with E-state index < -0.39 is 5.60 Å². The van der Waals surface area contributed by atoms with E-state index in [9.17, 15) is 9.90 Å². The first kappa shape index (κ1) is 16.6. The van der Waals surface area contributed by atoms with Crippen LogP contribution in [0.15, 0.2) is 24.3 Å². The molecule has 1 atom stereocenters. The van der Waals surface area contributed by atoms with Crippen molar-refractivity contribution in [1.29, 1.82) is 0 Å². The van der Waals surface area contributed by atoms with Crippen LogP contribution in [-0.4, -0.2) is 53.8 Å². The summed E-state index contributed by atoms with van der Waals surface area (Å²) in [6, 6.07) is 7.05. The monoisotopic (exact) mass is 338 g/mol. The highest BCUT2D eigenvalue weighted by Gasteiger charge is 2.47. The van der Waals surface area contributed by atoms with Crippen molar-refractivity contribution in [1.82, 2.24) is 10.2 Å². The maximum Gasteiger partial charge on any atom is 0.267 e. The van der Waals surface area contributed by atoms with Gasteiger partial charge < -0.3 is 20.1 Å². The third kappa shape index (κ3) is 3.47. The first-order chi connectivity index (χ1) is 11.1. The fourth-order valence-electron chi connectivity index (χ4n) is 3.47. The number of aliphatic hydroxyl groups excluding tert-OH is 1. The Bertz CT molecular complexity index is 543. The lowest BCUT2D eigenvalue weighted by molar-refractivity contribution is -0.152. The number of nitrogens with one attached hydrogen (secondary N) is 1. The predicted octanol–water partition coefficient (Wildman–Crippen LogP) is 1.82. The molecule has 0 aliphatic carbocycles. The second kappa shape index (κ2) is 7.07. The quantitative estimate of drug-likeness (QED) is 0.879. The lowest BCUT2D eigenvalue weighted by Gasteiger charge is -2.40. The smallest absolute Gasteiger partial charge is 0.267 e. The highest BCUT2D eigenvalue weighted by Crippen LogP contribution is 2.32. The van der Waals surface area contributed by atoms with Gasteiger partial charge in [0.05, 0.1) is 12.6 Å². The van der Waals surface area contributed by atoms with Crippen LogP contribution in [0.5, 0.6) is 5.75 Å². The number of likely N-dealkylation sites (tertiary alicyclic amines) is 1. The second-order valence-corrected chi connectivity index (χ2v) is 6.71. The van der Waals surface area contributed by atoms with Crippen LogP contribution in [0.3, 0.4) is 0 Å². The van der Waals surface area contributed by atoms with E-state index in [1.54, 1.807) is 29.2 Å². The second-order valence-electron chi connectivity index (χ2n) is 6.28. The lowest BCUT2D eigenvalue weighted by atomic mass is 9.90. The first-order valence-corrected chi connectivity index (χ1v) is 8.60. The van der Waals surface area contributed by atoms with E-state index in [4.69, 9.17) is 16.3 Å². The van der Waals surface area contributed by atoms with Crippen molar-refractivity contribution < 1.29 is 14.6 Å². The SMILES string of the molecule is O=C(N1CCC[C@@H]1CO)C1(Oc2ccc(Cl)cc2)CCNCC1. The number of benzene rings is 1. The number of piperidine rings is 1. The summed E-state index contributed by atoms with van der Waals surface area (Å²) in [4.78, 5) is 15.0. The van der Waals surface area contributed by atoms with Gasteiger partial charge in [-0.1, -0.05) is 11.6 Å². The Balaban J connectivity index is 1.83. The number of carbonyl (C=O) groups excluding carboxylic acids is 1. The van der Waals surface area contributed by atoms with Gasteiger partial charge in [0.25, 0.3) is 5.91 Å². The summed E-state index contributed by atoms with van der Waals surface area (Å²) in [5, 5.41) is 13.5. The zero-order chi connectivity index (χ0) is 16.3. The molecule has 0 saturated carbocycles. The van der Waals surface area contributed by atoms with Gasteiger partial charge in [0.1, 0.15) is 5.75 Å². The zero-order valence-electron chi connectivity index (χ0n) is 13.1. The molecule has 2 heterocycles. The number of carbonyl (C=O) groups is 1. The normalized spacial score (nSPS) is 23.7. The predicted molar refractivity (Wildman–Crippen MR) is 88.7 cm³/mol. The molecule has 1 amide bonds. The molecule has 0 bridgehead atoms. The number of nitrogens with zero attached hydrogens (tertiary/aromatic N) is 1. The summed E-state index contributed by atoms with van der Waals surface area (Å²) in [6.07, 6.45) is 3.05. The molecular formula is C17H23ClN2O3. The van der Waals surface area contributed by atoms with Gasteiger partial charge >= 0.3 is 0 Å².